The number of unbranched alkanes of at least 4 members (excludes halogenated alkanes) is 1. The molecule has 0 bridgehead atoms. The maximum Gasteiger partial charge on any atom is 0.257 e. The molecule has 0 aliphatic carbocycles. The summed E-state index contributed by atoms with van der Waals surface area (Å²) in [6.07, 6.45) is 3.71. The molecule has 1 aliphatic rings. The van der Waals surface area contributed by atoms with Crippen LogP contribution in [0.25, 0.3) is 0 Å². The molecule has 3 rings (SSSR count). The number of nitrogens with one attached hydrogen (secondary N) is 3. The fourth-order valence-corrected chi connectivity index (χ4v) is 4.03. The Labute approximate surface area is 195 Å². The van der Waals surface area contributed by atoms with Crippen molar-refractivity contribution in [1.29, 1.82) is 0 Å². The second-order valence-corrected chi connectivity index (χ2v) is 8.61. The Balaban J connectivity index is 1.60. The molecule has 0 radical (unpaired) electrons. The van der Waals surface area contributed by atoms with Gasteiger partial charge in [-0.3, -0.25) is 19.3 Å². The molecule has 3 N–H and O–H groups in total. The van der Waals surface area contributed by atoms with Gasteiger partial charge in [-0.2, -0.15) is 0 Å². The maximum atomic E-state index is 12.9. The number of piperidine rings is 1. The minimum absolute atomic E-state index is 0.0729. The highest BCUT2D eigenvalue weighted by molar-refractivity contribution is 6.10. The fraction of sp³-hybridized carbons (Fsp3) is 0.423. The summed E-state index contributed by atoms with van der Waals surface area (Å²) >= 11 is 0. The van der Waals surface area contributed by atoms with Crippen LogP contribution in [0.15, 0.2) is 54.6 Å². The van der Waals surface area contributed by atoms with E-state index >= 15 is 0 Å². The minimum Gasteiger partial charge on any atom is -0.356 e. The van der Waals surface area contributed by atoms with Crippen LogP contribution in [0, 0.1) is 5.92 Å². The fourth-order valence-electron chi connectivity index (χ4n) is 4.03. The molecule has 3 amide bonds. The van der Waals surface area contributed by atoms with Crippen molar-refractivity contribution in [3.05, 3.63) is 60.2 Å². The SMILES string of the molecule is CCCCNC(=O)C1CCC(C)N(CC(=O)Nc2ccccc2C(=O)Nc2ccccc2)C1. The summed E-state index contributed by atoms with van der Waals surface area (Å²) in [5, 5.41) is 8.75. The third kappa shape index (κ3) is 7.15. The highest BCUT2D eigenvalue weighted by Gasteiger charge is 2.31. The van der Waals surface area contributed by atoms with E-state index in [-0.39, 0.29) is 36.2 Å². The Morgan fingerprint density at radius 3 is 2.45 bits per heavy atom. The van der Waals surface area contributed by atoms with Gasteiger partial charge in [0.25, 0.3) is 5.91 Å². The molecule has 1 aliphatic heterocycles. The first kappa shape index (κ1) is 24.5. The summed E-state index contributed by atoms with van der Waals surface area (Å²) < 4.78 is 0. The Bertz CT molecular complexity index is 948. The van der Waals surface area contributed by atoms with Gasteiger partial charge in [0.05, 0.1) is 23.7 Å². The summed E-state index contributed by atoms with van der Waals surface area (Å²) in [5.41, 5.74) is 1.55. The summed E-state index contributed by atoms with van der Waals surface area (Å²) in [6.45, 7) is 5.61. The van der Waals surface area contributed by atoms with Gasteiger partial charge in [0.2, 0.25) is 11.8 Å². The molecule has 1 heterocycles. The second-order valence-electron chi connectivity index (χ2n) is 8.61. The molecule has 0 saturated carbocycles. The van der Waals surface area contributed by atoms with Gasteiger partial charge in [0, 0.05) is 24.8 Å². The Kier molecular flexibility index (Phi) is 9.01. The molecular weight excluding hydrogens is 416 g/mol. The summed E-state index contributed by atoms with van der Waals surface area (Å²) in [4.78, 5) is 40.2. The summed E-state index contributed by atoms with van der Waals surface area (Å²) in [7, 11) is 0. The second kappa shape index (κ2) is 12.2. The smallest absolute Gasteiger partial charge is 0.257 e. The molecule has 1 saturated heterocycles. The lowest BCUT2D eigenvalue weighted by molar-refractivity contribution is -0.128. The minimum atomic E-state index is -0.285. The number of hydrogen-bond donors (Lipinski definition) is 3. The van der Waals surface area contributed by atoms with Gasteiger partial charge < -0.3 is 16.0 Å². The predicted octanol–water partition coefficient (Wildman–Crippen LogP) is 3.89. The van der Waals surface area contributed by atoms with Gasteiger partial charge in [0.1, 0.15) is 0 Å². The van der Waals surface area contributed by atoms with Crippen LogP contribution in [-0.2, 0) is 9.59 Å². The van der Waals surface area contributed by atoms with Crippen molar-refractivity contribution in [2.45, 2.75) is 45.6 Å². The van der Waals surface area contributed by atoms with E-state index in [4.69, 9.17) is 0 Å². The number of hydrogen-bond acceptors (Lipinski definition) is 4. The number of rotatable bonds is 9. The van der Waals surface area contributed by atoms with Crippen LogP contribution in [0.4, 0.5) is 11.4 Å². The van der Waals surface area contributed by atoms with E-state index in [9.17, 15) is 14.4 Å². The van der Waals surface area contributed by atoms with Crippen molar-refractivity contribution in [1.82, 2.24) is 10.2 Å². The van der Waals surface area contributed by atoms with Crippen molar-refractivity contribution < 1.29 is 14.4 Å². The van der Waals surface area contributed by atoms with Gasteiger partial charge in [0.15, 0.2) is 0 Å². The average Bonchev–Trinajstić information content (AvgIpc) is 2.81. The molecule has 2 atom stereocenters. The molecule has 1 fully saturated rings. The van der Waals surface area contributed by atoms with Crippen LogP contribution in [0.3, 0.4) is 0 Å². The van der Waals surface area contributed by atoms with E-state index < -0.39 is 0 Å². The van der Waals surface area contributed by atoms with Crippen molar-refractivity contribution in [3.63, 3.8) is 0 Å². The van der Waals surface area contributed by atoms with E-state index in [1.807, 2.05) is 30.3 Å². The molecule has 2 aromatic rings. The highest BCUT2D eigenvalue weighted by atomic mass is 16.2. The van der Waals surface area contributed by atoms with Crippen LogP contribution in [-0.4, -0.2) is 48.3 Å². The molecule has 7 heteroatoms. The zero-order valence-electron chi connectivity index (χ0n) is 19.5. The standard InChI is InChI=1S/C26H34N4O3/c1-3-4-16-27-25(32)20-15-14-19(2)30(17-20)18-24(31)29-23-13-9-8-12-22(23)26(33)28-21-10-6-5-7-11-21/h5-13,19-20H,3-4,14-18H2,1-2H3,(H,27,32)(H,28,33)(H,29,31). The van der Waals surface area contributed by atoms with Crippen molar-refractivity contribution in [2.24, 2.45) is 5.92 Å². The molecule has 0 spiro atoms. The van der Waals surface area contributed by atoms with E-state index in [0.29, 0.717) is 30.0 Å². The predicted molar refractivity (Wildman–Crippen MR) is 131 cm³/mol. The molecule has 2 aromatic carbocycles. The van der Waals surface area contributed by atoms with Gasteiger partial charge in [-0.15, -0.1) is 0 Å². The average molecular weight is 451 g/mol. The van der Waals surface area contributed by atoms with Crippen LogP contribution in [0.1, 0.15) is 49.9 Å². The van der Waals surface area contributed by atoms with Gasteiger partial charge in [-0.25, -0.2) is 0 Å². The van der Waals surface area contributed by atoms with Gasteiger partial charge in [-0.05, 0) is 50.5 Å². The number of likely N-dealkylation sites (tertiary alicyclic amines) is 1. The zero-order valence-corrected chi connectivity index (χ0v) is 19.5. The zero-order chi connectivity index (χ0) is 23.6. The molecule has 2 unspecified atom stereocenters. The normalized spacial score (nSPS) is 18.4. The number of carbonyl (C=O) groups is 3. The van der Waals surface area contributed by atoms with Crippen molar-refractivity contribution in [3.8, 4) is 0 Å². The van der Waals surface area contributed by atoms with Crippen LogP contribution >= 0.6 is 0 Å². The monoisotopic (exact) mass is 450 g/mol. The topological polar surface area (TPSA) is 90.5 Å². The van der Waals surface area contributed by atoms with Gasteiger partial charge in [-0.1, -0.05) is 43.7 Å². The third-order valence-electron chi connectivity index (χ3n) is 6.04. The molecule has 0 aromatic heterocycles. The molecule has 176 valence electrons. The number of amides is 3. The van der Waals surface area contributed by atoms with Gasteiger partial charge >= 0.3 is 0 Å². The van der Waals surface area contributed by atoms with Crippen LogP contribution in [0.5, 0.6) is 0 Å². The Hall–Kier alpha value is -3.19. The van der Waals surface area contributed by atoms with Crippen LogP contribution in [0.2, 0.25) is 0 Å². The molecule has 33 heavy (non-hydrogen) atoms. The summed E-state index contributed by atoms with van der Waals surface area (Å²) in [5.74, 6) is -0.514. The van der Waals surface area contributed by atoms with Crippen LogP contribution < -0.4 is 16.0 Å². The lowest BCUT2D eigenvalue weighted by atomic mass is 9.92. The van der Waals surface area contributed by atoms with E-state index in [2.05, 4.69) is 34.7 Å². The lowest BCUT2D eigenvalue weighted by Crippen LogP contribution is -2.49. The Morgan fingerprint density at radius 2 is 1.70 bits per heavy atom. The molecule has 7 nitrogen and oxygen atoms in total. The summed E-state index contributed by atoms with van der Waals surface area (Å²) in [6, 6.07) is 16.4. The lowest BCUT2D eigenvalue weighted by Gasteiger charge is -2.36. The highest BCUT2D eigenvalue weighted by Crippen LogP contribution is 2.23. The number of anilines is 2. The first-order valence-corrected chi connectivity index (χ1v) is 11.7. The number of benzene rings is 2. The number of para-hydroxylation sites is 2. The van der Waals surface area contributed by atoms with Crippen molar-refractivity contribution in [2.75, 3.05) is 30.3 Å². The first-order valence-electron chi connectivity index (χ1n) is 11.7. The Morgan fingerprint density at radius 1 is 0.970 bits per heavy atom. The largest absolute Gasteiger partial charge is 0.356 e. The van der Waals surface area contributed by atoms with Crippen molar-refractivity contribution >= 4 is 29.1 Å². The number of nitrogens with zero attached hydrogens (tertiary/aromatic N) is 1. The van der Waals surface area contributed by atoms with E-state index in [1.165, 1.54) is 0 Å². The van der Waals surface area contributed by atoms with E-state index in [1.54, 1.807) is 24.3 Å². The quantitative estimate of drug-likeness (QED) is 0.506. The third-order valence-corrected chi connectivity index (χ3v) is 6.04. The first-order chi connectivity index (χ1) is 16.0. The number of carbonyl (C=O) groups excluding carboxylic acids is 3. The molecular formula is C26H34N4O3. The van der Waals surface area contributed by atoms with E-state index in [0.717, 1.165) is 25.7 Å². The maximum absolute atomic E-state index is 12.9.